The van der Waals surface area contributed by atoms with E-state index in [0.29, 0.717) is 23.0 Å². The molecule has 4 nitrogen and oxygen atoms in total. The van der Waals surface area contributed by atoms with Crippen LogP contribution >= 0.6 is 22.9 Å². The van der Waals surface area contributed by atoms with Crippen molar-refractivity contribution in [1.82, 2.24) is 9.80 Å². The Balaban J connectivity index is 2.00. The van der Waals surface area contributed by atoms with Crippen LogP contribution in [0.15, 0.2) is 5.38 Å². The first-order valence-corrected chi connectivity index (χ1v) is 7.47. The van der Waals surface area contributed by atoms with Gasteiger partial charge in [-0.2, -0.15) is 5.26 Å². The van der Waals surface area contributed by atoms with Crippen molar-refractivity contribution in [2.24, 2.45) is 0 Å². The standard InChI is InChI=1S/C13H16ClN3OS/c1-9-8-19-12(11(9)14)13(18)17-5-3-16(4-6-17)10(2)7-15/h8,10H,3-6H2,1-2H3. The second-order valence-electron chi connectivity index (χ2n) is 4.70. The summed E-state index contributed by atoms with van der Waals surface area (Å²) in [4.78, 5) is 16.9. The molecule has 0 bridgehead atoms. The highest BCUT2D eigenvalue weighted by Gasteiger charge is 2.26. The molecule has 1 saturated heterocycles. The number of piperazine rings is 1. The molecule has 102 valence electrons. The molecule has 1 fully saturated rings. The number of nitrogens with zero attached hydrogens (tertiary/aromatic N) is 3. The SMILES string of the molecule is Cc1csc(C(=O)N2CCN(C(C)C#N)CC2)c1Cl. The molecule has 19 heavy (non-hydrogen) atoms. The van der Waals surface area contributed by atoms with Crippen molar-refractivity contribution in [1.29, 1.82) is 5.26 Å². The first-order valence-electron chi connectivity index (χ1n) is 6.21. The molecule has 0 N–H and O–H groups in total. The van der Waals surface area contributed by atoms with Crippen molar-refractivity contribution in [2.45, 2.75) is 19.9 Å². The number of carbonyl (C=O) groups is 1. The zero-order valence-electron chi connectivity index (χ0n) is 11.0. The Labute approximate surface area is 122 Å². The van der Waals surface area contributed by atoms with Gasteiger partial charge in [0.15, 0.2) is 0 Å². The van der Waals surface area contributed by atoms with Crippen molar-refractivity contribution < 1.29 is 4.79 Å². The number of hydrogen-bond donors (Lipinski definition) is 0. The minimum absolute atomic E-state index is 0.00682. The summed E-state index contributed by atoms with van der Waals surface area (Å²) in [5, 5.41) is 11.4. The lowest BCUT2D eigenvalue weighted by Crippen LogP contribution is -2.51. The first kappa shape index (κ1) is 14.3. The third kappa shape index (κ3) is 2.92. The maximum Gasteiger partial charge on any atom is 0.265 e. The van der Waals surface area contributed by atoms with Gasteiger partial charge in [0, 0.05) is 26.2 Å². The summed E-state index contributed by atoms with van der Waals surface area (Å²) >= 11 is 7.53. The smallest absolute Gasteiger partial charge is 0.265 e. The topological polar surface area (TPSA) is 47.3 Å². The molecule has 0 saturated carbocycles. The van der Waals surface area contributed by atoms with Gasteiger partial charge >= 0.3 is 0 Å². The van der Waals surface area contributed by atoms with Crippen molar-refractivity contribution >= 4 is 28.8 Å². The average Bonchev–Trinajstić information content (AvgIpc) is 2.77. The number of thiophene rings is 1. The van der Waals surface area contributed by atoms with E-state index in [2.05, 4.69) is 11.0 Å². The van der Waals surface area contributed by atoms with Gasteiger partial charge in [-0.05, 0) is 24.8 Å². The predicted molar refractivity (Wildman–Crippen MR) is 76.6 cm³/mol. The summed E-state index contributed by atoms with van der Waals surface area (Å²) in [7, 11) is 0. The zero-order chi connectivity index (χ0) is 14.0. The monoisotopic (exact) mass is 297 g/mol. The van der Waals surface area contributed by atoms with Crippen LogP contribution in [0.3, 0.4) is 0 Å². The van der Waals surface area contributed by atoms with Crippen LogP contribution in [-0.4, -0.2) is 47.9 Å². The van der Waals surface area contributed by atoms with E-state index in [1.54, 1.807) is 0 Å². The fraction of sp³-hybridized carbons (Fsp3) is 0.538. The number of hydrogen-bond acceptors (Lipinski definition) is 4. The third-order valence-electron chi connectivity index (χ3n) is 3.43. The van der Waals surface area contributed by atoms with E-state index < -0.39 is 0 Å². The van der Waals surface area contributed by atoms with Crippen LogP contribution < -0.4 is 0 Å². The molecule has 1 aliphatic rings. The molecule has 0 spiro atoms. The van der Waals surface area contributed by atoms with E-state index in [1.807, 2.05) is 24.1 Å². The fourth-order valence-electron chi connectivity index (χ4n) is 2.11. The van der Waals surface area contributed by atoms with E-state index in [-0.39, 0.29) is 11.9 Å². The van der Waals surface area contributed by atoms with Gasteiger partial charge in [-0.3, -0.25) is 9.69 Å². The van der Waals surface area contributed by atoms with Crippen LogP contribution in [0.1, 0.15) is 22.2 Å². The van der Waals surface area contributed by atoms with Crippen LogP contribution in [0.4, 0.5) is 0 Å². The molecule has 0 aromatic carbocycles. The van der Waals surface area contributed by atoms with Gasteiger partial charge in [-0.15, -0.1) is 11.3 Å². The number of aryl methyl sites for hydroxylation is 1. The molecule has 2 rings (SSSR count). The Hall–Kier alpha value is -1.09. The van der Waals surface area contributed by atoms with E-state index >= 15 is 0 Å². The number of halogens is 1. The van der Waals surface area contributed by atoms with Crippen molar-refractivity contribution in [2.75, 3.05) is 26.2 Å². The molecule has 1 unspecified atom stereocenters. The highest BCUT2D eigenvalue weighted by molar-refractivity contribution is 7.13. The van der Waals surface area contributed by atoms with E-state index in [9.17, 15) is 4.79 Å². The number of amides is 1. The van der Waals surface area contributed by atoms with Gasteiger partial charge in [-0.25, -0.2) is 0 Å². The van der Waals surface area contributed by atoms with Gasteiger partial charge < -0.3 is 4.90 Å². The van der Waals surface area contributed by atoms with Crippen molar-refractivity contribution in [3.8, 4) is 6.07 Å². The highest BCUT2D eigenvalue weighted by atomic mass is 35.5. The number of carbonyl (C=O) groups excluding carboxylic acids is 1. The molecule has 0 aliphatic carbocycles. The van der Waals surface area contributed by atoms with Crippen LogP contribution in [0.25, 0.3) is 0 Å². The van der Waals surface area contributed by atoms with Gasteiger partial charge in [-0.1, -0.05) is 11.6 Å². The van der Waals surface area contributed by atoms with Crippen molar-refractivity contribution in [3.05, 3.63) is 20.8 Å². The predicted octanol–water partition coefficient (Wildman–Crippen LogP) is 2.38. The third-order valence-corrected chi connectivity index (χ3v) is 5.11. The Morgan fingerprint density at radius 1 is 1.47 bits per heavy atom. The van der Waals surface area contributed by atoms with E-state index in [4.69, 9.17) is 16.9 Å². The maximum atomic E-state index is 12.3. The summed E-state index contributed by atoms with van der Waals surface area (Å²) in [6, 6.07) is 2.13. The van der Waals surface area contributed by atoms with Crippen LogP contribution in [0, 0.1) is 18.3 Å². The van der Waals surface area contributed by atoms with E-state index in [0.717, 1.165) is 18.7 Å². The molecular weight excluding hydrogens is 282 g/mol. The second kappa shape index (κ2) is 5.91. The normalized spacial score (nSPS) is 18.1. The lowest BCUT2D eigenvalue weighted by molar-refractivity contribution is 0.0620. The molecule has 0 radical (unpaired) electrons. The minimum atomic E-state index is -0.0928. The average molecular weight is 298 g/mol. The highest BCUT2D eigenvalue weighted by Crippen LogP contribution is 2.28. The fourth-order valence-corrected chi connectivity index (χ4v) is 3.35. The molecule has 1 amide bonds. The summed E-state index contributed by atoms with van der Waals surface area (Å²) in [5.74, 6) is 0.00682. The summed E-state index contributed by atoms with van der Waals surface area (Å²) in [6.07, 6.45) is 0. The Morgan fingerprint density at radius 2 is 2.11 bits per heavy atom. The Morgan fingerprint density at radius 3 is 2.58 bits per heavy atom. The first-order chi connectivity index (χ1) is 9.04. The molecule has 1 aromatic rings. The quantitative estimate of drug-likeness (QED) is 0.842. The molecule has 1 aromatic heterocycles. The summed E-state index contributed by atoms with van der Waals surface area (Å²) in [6.45, 7) is 6.57. The molecule has 2 heterocycles. The van der Waals surface area contributed by atoms with Crippen LogP contribution in [0.2, 0.25) is 5.02 Å². The van der Waals surface area contributed by atoms with Crippen molar-refractivity contribution in [3.63, 3.8) is 0 Å². The molecule has 6 heteroatoms. The number of nitriles is 1. The van der Waals surface area contributed by atoms with Gasteiger partial charge in [0.2, 0.25) is 0 Å². The molecule has 1 atom stereocenters. The van der Waals surface area contributed by atoms with Gasteiger partial charge in [0.05, 0.1) is 17.1 Å². The van der Waals surface area contributed by atoms with Gasteiger partial charge in [0.25, 0.3) is 5.91 Å². The van der Waals surface area contributed by atoms with Gasteiger partial charge in [0.1, 0.15) is 4.88 Å². The Kier molecular flexibility index (Phi) is 4.46. The second-order valence-corrected chi connectivity index (χ2v) is 5.95. The minimum Gasteiger partial charge on any atom is -0.335 e. The summed E-state index contributed by atoms with van der Waals surface area (Å²) in [5.41, 5.74) is 0.951. The number of rotatable bonds is 2. The van der Waals surface area contributed by atoms with Crippen LogP contribution in [-0.2, 0) is 0 Å². The largest absolute Gasteiger partial charge is 0.335 e. The lowest BCUT2D eigenvalue weighted by atomic mass is 10.2. The maximum absolute atomic E-state index is 12.3. The van der Waals surface area contributed by atoms with E-state index in [1.165, 1.54) is 11.3 Å². The zero-order valence-corrected chi connectivity index (χ0v) is 12.6. The lowest BCUT2D eigenvalue weighted by Gasteiger charge is -2.35. The van der Waals surface area contributed by atoms with Crippen LogP contribution in [0.5, 0.6) is 0 Å². The Bertz CT molecular complexity index is 514. The summed E-state index contributed by atoms with van der Waals surface area (Å²) < 4.78 is 0. The molecular formula is C13H16ClN3OS. The molecule has 1 aliphatic heterocycles.